The predicted octanol–water partition coefficient (Wildman–Crippen LogP) is 3.33. The normalized spacial score (nSPS) is 18.5. The maximum Gasteiger partial charge on any atom is 0.237 e. The molecule has 2 atom stereocenters. The molecule has 0 unspecified atom stereocenters. The lowest BCUT2D eigenvalue weighted by Gasteiger charge is -2.25. The highest BCUT2D eigenvalue weighted by molar-refractivity contribution is 5.90. The lowest BCUT2D eigenvalue weighted by molar-refractivity contribution is -0.123. The quantitative estimate of drug-likeness (QED) is 0.593. The Hall–Kier alpha value is -2.86. The number of carbonyl (C=O) groups is 1. The first-order valence-corrected chi connectivity index (χ1v) is 10.7. The summed E-state index contributed by atoms with van der Waals surface area (Å²) in [6.45, 7) is 9.36. The molecule has 0 aliphatic carbocycles. The maximum absolute atomic E-state index is 12.9. The summed E-state index contributed by atoms with van der Waals surface area (Å²) in [5, 5.41) is 7.91. The summed E-state index contributed by atoms with van der Waals surface area (Å²) < 4.78 is 4.32. The molecule has 6 nitrogen and oxygen atoms in total. The molecule has 3 heterocycles. The average molecular weight is 406 g/mol. The van der Waals surface area contributed by atoms with Gasteiger partial charge in [-0.1, -0.05) is 32.1 Å². The molecule has 0 spiro atoms. The first kappa shape index (κ1) is 20.4. The topological polar surface area (TPSA) is 63.9 Å². The Bertz CT molecular complexity index is 1060. The van der Waals surface area contributed by atoms with E-state index >= 15 is 0 Å². The van der Waals surface area contributed by atoms with E-state index in [2.05, 4.69) is 69.6 Å². The van der Waals surface area contributed by atoms with Gasteiger partial charge in [-0.05, 0) is 36.0 Å². The first-order chi connectivity index (χ1) is 14.5. The van der Waals surface area contributed by atoms with Gasteiger partial charge in [0, 0.05) is 49.1 Å². The van der Waals surface area contributed by atoms with Gasteiger partial charge in [0.05, 0.1) is 12.6 Å². The van der Waals surface area contributed by atoms with Gasteiger partial charge >= 0.3 is 0 Å². The number of hydrogen-bond acceptors (Lipinski definition) is 3. The summed E-state index contributed by atoms with van der Waals surface area (Å²) in [6.07, 6.45) is 9.37. The highest BCUT2D eigenvalue weighted by Crippen LogP contribution is 2.36. The minimum atomic E-state index is -0.270. The summed E-state index contributed by atoms with van der Waals surface area (Å²) >= 11 is 0. The van der Waals surface area contributed by atoms with Crippen LogP contribution in [-0.2, 0) is 24.8 Å². The van der Waals surface area contributed by atoms with Crippen molar-refractivity contribution in [3.05, 3.63) is 66.4 Å². The molecule has 0 bridgehead atoms. The van der Waals surface area contributed by atoms with Crippen LogP contribution in [0.5, 0.6) is 0 Å². The number of carbonyl (C=O) groups excluding carboxylic acids is 1. The lowest BCUT2D eigenvalue weighted by Crippen LogP contribution is -2.46. The Morgan fingerprint density at radius 3 is 2.97 bits per heavy atom. The van der Waals surface area contributed by atoms with Crippen molar-refractivity contribution in [2.45, 2.75) is 45.3 Å². The van der Waals surface area contributed by atoms with Gasteiger partial charge in [-0.3, -0.25) is 10.1 Å². The molecule has 0 saturated carbocycles. The molecule has 2 aromatic heterocycles. The van der Waals surface area contributed by atoms with E-state index in [1.165, 1.54) is 22.0 Å². The van der Waals surface area contributed by atoms with Crippen LogP contribution in [-0.4, -0.2) is 32.6 Å². The monoisotopic (exact) mass is 405 g/mol. The van der Waals surface area contributed by atoms with Gasteiger partial charge in [-0.15, -0.1) is 6.58 Å². The molecule has 0 saturated heterocycles. The number of benzene rings is 1. The van der Waals surface area contributed by atoms with E-state index in [-0.39, 0.29) is 18.0 Å². The van der Waals surface area contributed by atoms with Crippen molar-refractivity contribution in [1.29, 1.82) is 0 Å². The van der Waals surface area contributed by atoms with Crippen molar-refractivity contribution >= 4 is 16.8 Å². The zero-order chi connectivity index (χ0) is 21.3. The number of hydrogen-bond donors (Lipinski definition) is 2. The van der Waals surface area contributed by atoms with Gasteiger partial charge in [-0.25, -0.2) is 4.98 Å². The number of amides is 1. The fourth-order valence-electron chi connectivity index (χ4n) is 4.49. The molecular weight excluding hydrogens is 374 g/mol. The van der Waals surface area contributed by atoms with Crippen molar-refractivity contribution in [3.63, 3.8) is 0 Å². The summed E-state index contributed by atoms with van der Waals surface area (Å²) in [5.74, 6) is 1.56. The molecule has 2 N–H and O–H groups in total. The zero-order valence-electron chi connectivity index (χ0n) is 18.1. The Kier molecular flexibility index (Phi) is 5.77. The Morgan fingerprint density at radius 1 is 1.43 bits per heavy atom. The summed E-state index contributed by atoms with van der Waals surface area (Å²) in [5.41, 5.74) is 3.70. The van der Waals surface area contributed by atoms with Crippen LogP contribution < -0.4 is 10.6 Å². The third-order valence-electron chi connectivity index (χ3n) is 5.90. The van der Waals surface area contributed by atoms with Crippen LogP contribution in [0, 0.1) is 5.92 Å². The minimum absolute atomic E-state index is 0.0291. The maximum atomic E-state index is 12.9. The van der Waals surface area contributed by atoms with Gasteiger partial charge < -0.3 is 14.5 Å². The van der Waals surface area contributed by atoms with Gasteiger partial charge in [0.15, 0.2) is 0 Å². The van der Waals surface area contributed by atoms with Gasteiger partial charge in [0.25, 0.3) is 0 Å². The Morgan fingerprint density at radius 2 is 2.27 bits per heavy atom. The second kappa shape index (κ2) is 8.48. The first-order valence-electron chi connectivity index (χ1n) is 10.7. The van der Waals surface area contributed by atoms with E-state index in [0.717, 1.165) is 12.2 Å². The van der Waals surface area contributed by atoms with Crippen LogP contribution in [0.25, 0.3) is 10.9 Å². The molecule has 0 radical (unpaired) electrons. The van der Waals surface area contributed by atoms with Crippen molar-refractivity contribution in [2.75, 3.05) is 6.54 Å². The average Bonchev–Trinajstić information content (AvgIpc) is 3.23. The standard InChI is InChI=1S/C24H31N5O/c1-5-9-26-24(30)20-13-17-14-29(15-22-25-10-11-28(22)4)21-8-6-7-18(23(17)21)19(27-20)12-16(2)3/h5-8,10-11,14,16,19-20,27H,1,9,12-13,15H2,2-4H3,(H,26,30)/t19-,20-/m0/s1. The molecular formula is C24H31N5O. The van der Waals surface area contributed by atoms with E-state index in [4.69, 9.17) is 0 Å². The zero-order valence-corrected chi connectivity index (χ0v) is 18.1. The van der Waals surface area contributed by atoms with Crippen LogP contribution in [0.1, 0.15) is 43.3 Å². The van der Waals surface area contributed by atoms with Crippen LogP contribution in [0.3, 0.4) is 0 Å². The van der Waals surface area contributed by atoms with Crippen molar-refractivity contribution in [1.82, 2.24) is 24.8 Å². The highest BCUT2D eigenvalue weighted by Gasteiger charge is 2.30. The predicted molar refractivity (Wildman–Crippen MR) is 120 cm³/mol. The third kappa shape index (κ3) is 3.92. The fraction of sp³-hybridized carbons (Fsp3) is 0.417. The van der Waals surface area contributed by atoms with E-state index < -0.39 is 0 Å². The molecule has 30 heavy (non-hydrogen) atoms. The SMILES string of the molecule is C=CCNC(=O)[C@@H]1Cc2cn(Cc3nccn3C)c3cccc(c23)[C@H](CC(C)C)N1. The minimum Gasteiger partial charge on any atom is -0.351 e. The van der Waals surface area contributed by atoms with Crippen molar-refractivity contribution in [3.8, 4) is 0 Å². The largest absolute Gasteiger partial charge is 0.351 e. The van der Waals surface area contributed by atoms with E-state index in [1.807, 2.05) is 19.4 Å². The van der Waals surface area contributed by atoms with Crippen LogP contribution in [0.2, 0.25) is 0 Å². The number of rotatable bonds is 7. The molecule has 0 fully saturated rings. The second-order valence-electron chi connectivity index (χ2n) is 8.62. The third-order valence-corrected chi connectivity index (χ3v) is 5.90. The fourth-order valence-corrected chi connectivity index (χ4v) is 4.49. The number of imidazole rings is 1. The Balaban J connectivity index is 1.78. The molecule has 6 heteroatoms. The number of aryl methyl sites for hydroxylation is 1. The number of aromatic nitrogens is 3. The van der Waals surface area contributed by atoms with E-state index in [9.17, 15) is 4.79 Å². The van der Waals surface area contributed by atoms with Gasteiger partial charge in [0.2, 0.25) is 5.91 Å². The molecule has 4 rings (SSSR count). The van der Waals surface area contributed by atoms with E-state index in [1.54, 1.807) is 6.08 Å². The number of nitrogens with one attached hydrogen (secondary N) is 2. The van der Waals surface area contributed by atoms with Crippen molar-refractivity contribution < 1.29 is 4.79 Å². The van der Waals surface area contributed by atoms with Crippen molar-refractivity contribution in [2.24, 2.45) is 13.0 Å². The molecule has 3 aromatic rings. The van der Waals surface area contributed by atoms with Gasteiger partial charge in [-0.2, -0.15) is 0 Å². The lowest BCUT2D eigenvalue weighted by atomic mass is 9.94. The molecule has 158 valence electrons. The smallest absolute Gasteiger partial charge is 0.237 e. The molecule has 1 aliphatic rings. The second-order valence-corrected chi connectivity index (χ2v) is 8.62. The number of nitrogens with zero attached hydrogens (tertiary/aromatic N) is 3. The molecule has 1 aliphatic heterocycles. The van der Waals surface area contributed by atoms with Crippen LogP contribution >= 0.6 is 0 Å². The Labute approximate surface area is 178 Å². The summed E-state index contributed by atoms with van der Waals surface area (Å²) in [7, 11) is 2.02. The molecule has 1 aromatic carbocycles. The van der Waals surface area contributed by atoms with Gasteiger partial charge in [0.1, 0.15) is 5.82 Å². The molecule has 1 amide bonds. The van der Waals surface area contributed by atoms with Crippen LogP contribution in [0.4, 0.5) is 0 Å². The van der Waals surface area contributed by atoms with Crippen LogP contribution in [0.15, 0.2) is 49.4 Å². The highest BCUT2D eigenvalue weighted by atomic mass is 16.2. The summed E-state index contributed by atoms with van der Waals surface area (Å²) in [4.78, 5) is 17.4. The van der Waals surface area contributed by atoms with E-state index in [0.29, 0.717) is 25.4 Å². The summed E-state index contributed by atoms with van der Waals surface area (Å²) in [6, 6.07) is 6.38.